The maximum absolute atomic E-state index is 4.47. The molecule has 90 valence electrons. The van der Waals surface area contributed by atoms with Crippen LogP contribution >= 0.6 is 15.9 Å². The molecular weight excluding hydrogens is 282 g/mol. The van der Waals surface area contributed by atoms with Crippen molar-refractivity contribution in [1.82, 2.24) is 19.5 Å². The van der Waals surface area contributed by atoms with E-state index in [0.29, 0.717) is 5.82 Å². The van der Waals surface area contributed by atoms with Gasteiger partial charge in [-0.3, -0.25) is 0 Å². The van der Waals surface area contributed by atoms with Crippen molar-refractivity contribution in [3.05, 3.63) is 22.6 Å². The Balaban J connectivity index is 2.53. The molecule has 0 fully saturated rings. The zero-order valence-electron chi connectivity index (χ0n) is 10.0. The molecule has 0 aromatic carbocycles. The van der Waals surface area contributed by atoms with Gasteiger partial charge in [0.05, 0.1) is 10.2 Å². The van der Waals surface area contributed by atoms with Crippen LogP contribution in [0.4, 0.5) is 5.82 Å². The molecule has 0 saturated heterocycles. The van der Waals surface area contributed by atoms with Crippen LogP contribution in [0.3, 0.4) is 0 Å². The first kappa shape index (κ1) is 12.0. The molecule has 0 aliphatic heterocycles. The van der Waals surface area contributed by atoms with Gasteiger partial charge in [-0.15, -0.1) is 0 Å². The first-order valence-corrected chi connectivity index (χ1v) is 6.18. The standard InChI is InChI=1S/C11H14BrN5/c1-4-13-9-8(12)7(2)15-10(16-9)11-14-5-6-17(11)3/h5-6H,4H2,1-3H3,(H,13,15,16). The van der Waals surface area contributed by atoms with Crippen molar-refractivity contribution in [2.24, 2.45) is 7.05 Å². The number of rotatable bonds is 3. The van der Waals surface area contributed by atoms with E-state index in [4.69, 9.17) is 0 Å². The summed E-state index contributed by atoms with van der Waals surface area (Å²) in [6.45, 7) is 4.79. The second-order valence-corrected chi connectivity index (χ2v) is 4.48. The van der Waals surface area contributed by atoms with E-state index in [1.165, 1.54) is 0 Å². The molecule has 0 unspecified atom stereocenters. The maximum Gasteiger partial charge on any atom is 0.198 e. The average molecular weight is 296 g/mol. The van der Waals surface area contributed by atoms with Crippen molar-refractivity contribution >= 4 is 21.7 Å². The van der Waals surface area contributed by atoms with Gasteiger partial charge in [0.15, 0.2) is 11.6 Å². The lowest BCUT2D eigenvalue weighted by Crippen LogP contribution is -2.06. The van der Waals surface area contributed by atoms with Crippen LogP contribution in [0.25, 0.3) is 11.6 Å². The largest absolute Gasteiger partial charge is 0.369 e. The molecule has 0 atom stereocenters. The minimum atomic E-state index is 0.633. The molecule has 0 amide bonds. The van der Waals surface area contributed by atoms with Crippen molar-refractivity contribution in [3.8, 4) is 11.6 Å². The first-order chi connectivity index (χ1) is 8.13. The van der Waals surface area contributed by atoms with Gasteiger partial charge in [-0.2, -0.15) is 0 Å². The topological polar surface area (TPSA) is 55.6 Å². The van der Waals surface area contributed by atoms with Gasteiger partial charge in [0.2, 0.25) is 0 Å². The number of nitrogens with one attached hydrogen (secondary N) is 1. The number of hydrogen-bond acceptors (Lipinski definition) is 4. The Morgan fingerprint density at radius 3 is 2.76 bits per heavy atom. The molecule has 0 spiro atoms. The Labute approximate surface area is 108 Å². The molecule has 0 saturated carbocycles. The molecule has 2 aromatic heterocycles. The lowest BCUT2D eigenvalue weighted by atomic mass is 10.4. The summed E-state index contributed by atoms with van der Waals surface area (Å²) in [5, 5.41) is 3.20. The highest BCUT2D eigenvalue weighted by atomic mass is 79.9. The van der Waals surface area contributed by atoms with Crippen LogP contribution < -0.4 is 5.32 Å². The van der Waals surface area contributed by atoms with Crippen LogP contribution in [0.2, 0.25) is 0 Å². The van der Waals surface area contributed by atoms with Crippen LogP contribution in [-0.4, -0.2) is 26.1 Å². The summed E-state index contributed by atoms with van der Waals surface area (Å²) in [6.07, 6.45) is 3.62. The number of imidazole rings is 1. The van der Waals surface area contributed by atoms with Crippen LogP contribution in [0.1, 0.15) is 12.6 Å². The zero-order chi connectivity index (χ0) is 12.4. The van der Waals surface area contributed by atoms with Crippen molar-refractivity contribution in [2.45, 2.75) is 13.8 Å². The van der Waals surface area contributed by atoms with E-state index >= 15 is 0 Å². The molecule has 6 heteroatoms. The summed E-state index contributed by atoms with van der Waals surface area (Å²) in [5.74, 6) is 2.20. The van der Waals surface area contributed by atoms with Gasteiger partial charge < -0.3 is 9.88 Å². The minimum absolute atomic E-state index is 0.633. The predicted molar refractivity (Wildman–Crippen MR) is 70.8 cm³/mol. The number of halogens is 1. The monoisotopic (exact) mass is 295 g/mol. The summed E-state index contributed by atoms with van der Waals surface area (Å²) in [5.41, 5.74) is 0.897. The molecule has 0 aliphatic rings. The first-order valence-electron chi connectivity index (χ1n) is 5.39. The van der Waals surface area contributed by atoms with E-state index in [2.05, 4.69) is 36.2 Å². The second-order valence-electron chi connectivity index (χ2n) is 3.69. The average Bonchev–Trinajstić information content (AvgIpc) is 2.71. The predicted octanol–water partition coefficient (Wildman–Crippen LogP) is 2.38. The Bertz CT molecular complexity index is 535. The van der Waals surface area contributed by atoms with Gasteiger partial charge in [0.1, 0.15) is 5.82 Å². The summed E-state index contributed by atoms with van der Waals surface area (Å²) < 4.78 is 2.80. The lowest BCUT2D eigenvalue weighted by molar-refractivity contribution is 0.901. The van der Waals surface area contributed by atoms with Crippen molar-refractivity contribution in [2.75, 3.05) is 11.9 Å². The van der Waals surface area contributed by atoms with E-state index in [1.807, 2.05) is 31.7 Å². The van der Waals surface area contributed by atoms with Gasteiger partial charge in [-0.25, -0.2) is 15.0 Å². The highest BCUT2D eigenvalue weighted by molar-refractivity contribution is 9.10. The smallest absolute Gasteiger partial charge is 0.198 e. The quantitative estimate of drug-likeness (QED) is 0.945. The lowest BCUT2D eigenvalue weighted by Gasteiger charge is -2.09. The maximum atomic E-state index is 4.47. The third-order valence-electron chi connectivity index (χ3n) is 2.38. The third kappa shape index (κ3) is 2.31. The molecule has 1 N–H and O–H groups in total. The molecule has 2 heterocycles. The SMILES string of the molecule is CCNc1nc(-c2nccn2C)nc(C)c1Br. The van der Waals surface area contributed by atoms with E-state index in [0.717, 1.165) is 28.4 Å². The van der Waals surface area contributed by atoms with Crippen LogP contribution in [-0.2, 0) is 7.05 Å². The van der Waals surface area contributed by atoms with Gasteiger partial charge in [0, 0.05) is 26.0 Å². The molecule has 2 aromatic rings. The fraction of sp³-hybridized carbons (Fsp3) is 0.364. The highest BCUT2D eigenvalue weighted by Gasteiger charge is 2.12. The highest BCUT2D eigenvalue weighted by Crippen LogP contribution is 2.25. The number of hydrogen-bond donors (Lipinski definition) is 1. The van der Waals surface area contributed by atoms with Gasteiger partial charge in [-0.1, -0.05) is 0 Å². The van der Waals surface area contributed by atoms with Crippen molar-refractivity contribution in [1.29, 1.82) is 0 Å². The fourth-order valence-corrected chi connectivity index (χ4v) is 1.84. The molecule has 0 aliphatic carbocycles. The second kappa shape index (κ2) is 4.83. The fourth-order valence-electron chi connectivity index (χ4n) is 1.52. The minimum Gasteiger partial charge on any atom is -0.369 e. The summed E-state index contributed by atoms with van der Waals surface area (Å²) in [7, 11) is 1.93. The van der Waals surface area contributed by atoms with E-state index in [1.54, 1.807) is 6.20 Å². The third-order valence-corrected chi connectivity index (χ3v) is 3.33. The molecule has 17 heavy (non-hydrogen) atoms. The summed E-state index contributed by atoms with van der Waals surface area (Å²) in [4.78, 5) is 13.2. The van der Waals surface area contributed by atoms with Gasteiger partial charge >= 0.3 is 0 Å². The van der Waals surface area contributed by atoms with Crippen molar-refractivity contribution < 1.29 is 0 Å². The van der Waals surface area contributed by atoms with E-state index in [-0.39, 0.29) is 0 Å². The number of anilines is 1. The Hall–Kier alpha value is -1.43. The summed E-state index contributed by atoms with van der Waals surface area (Å²) in [6, 6.07) is 0. The Kier molecular flexibility index (Phi) is 3.42. The zero-order valence-corrected chi connectivity index (χ0v) is 11.6. The Morgan fingerprint density at radius 1 is 1.41 bits per heavy atom. The van der Waals surface area contributed by atoms with E-state index < -0.39 is 0 Å². The van der Waals surface area contributed by atoms with Crippen LogP contribution in [0, 0.1) is 6.92 Å². The Morgan fingerprint density at radius 2 is 2.18 bits per heavy atom. The van der Waals surface area contributed by atoms with Crippen LogP contribution in [0.15, 0.2) is 16.9 Å². The number of aryl methyl sites for hydroxylation is 2. The summed E-state index contributed by atoms with van der Waals surface area (Å²) >= 11 is 3.48. The normalized spacial score (nSPS) is 10.6. The van der Waals surface area contributed by atoms with Crippen LogP contribution in [0.5, 0.6) is 0 Å². The van der Waals surface area contributed by atoms with Crippen molar-refractivity contribution in [3.63, 3.8) is 0 Å². The molecule has 0 radical (unpaired) electrons. The molecule has 5 nitrogen and oxygen atoms in total. The number of aromatic nitrogens is 4. The molecular formula is C11H14BrN5. The van der Waals surface area contributed by atoms with Gasteiger partial charge in [0.25, 0.3) is 0 Å². The molecule has 2 rings (SSSR count). The number of nitrogens with zero attached hydrogens (tertiary/aromatic N) is 4. The van der Waals surface area contributed by atoms with Gasteiger partial charge in [-0.05, 0) is 29.8 Å². The molecule has 0 bridgehead atoms. The van der Waals surface area contributed by atoms with E-state index in [9.17, 15) is 0 Å².